The molecule has 1 aliphatic heterocycles. The second-order valence-electron chi connectivity index (χ2n) is 7.74. The number of para-hydroxylation sites is 1. The standard InChI is InChI=1S/C25H21N3O5/c1-14-7-4-5-10-21(14)28-23(30)20(22(29)26-25(28)33)13-18-11-15(2)27(16(18)3)19-9-6-8-17(12-19)24(31)32/h4-13H,1-3H3,(H,31,32)(H,26,29,33)/p-1/b20-13-. The highest BCUT2D eigenvalue weighted by Crippen LogP contribution is 2.27. The summed E-state index contributed by atoms with van der Waals surface area (Å²) in [5.74, 6) is -2.78. The van der Waals surface area contributed by atoms with Crippen molar-refractivity contribution in [2.75, 3.05) is 4.90 Å². The molecule has 8 heteroatoms. The lowest BCUT2D eigenvalue weighted by molar-refractivity contribution is -0.255. The molecule has 0 unspecified atom stereocenters. The fraction of sp³-hybridized carbons (Fsp3) is 0.120. The summed E-state index contributed by atoms with van der Waals surface area (Å²) in [6.07, 6.45) is 1.44. The van der Waals surface area contributed by atoms with Gasteiger partial charge < -0.3 is 14.5 Å². The number of rotatable bonds is 4. The maximum atomic E-state index is 13.2. The Morgan fingerprint density at radius 2 is 1.70 bits per heavy atom. The van der Waals surface area contributed by atoms with Crippen molar-refractivity contribution in [3.05, 3.63) is 88.2 Å². The molecule has 1 N–H and O–H groups in total. The molecule has 0 atom stereocenters. The van der Waals surface area contributed by atoms with E-state index in [9.17, 15) is 24.3 Å². The van der Waals surface area contributed by atoms with Gasteiger partial charge in [0.1, 0.15) is 5.57 Å². The summed E-state index contributed by atoms with van der Waals surface area (Å²) < 4.78 is 1.81. The maximum absolute atomic E-state index is 13.2. The largest absolute Gasteiger partial charge is 0.545 e. The molecule has 3 aromatic rings. The molecule has 166 valence electrons. The number of hydrogen-bond acceptors (Lipinski definition) is 5. The molecule has 0 spiro atoms. The van der Waals surface area contributed by atoms with Crippen molar-refractivity contribution in [3.8, 4) is 5.69 Å². The van der Waals surface area contributed by atoms with E-state index in [-0.39, 0.29) is 11.1 Å². The smallest absolute Gasteiger partial charge is 0.335 e. The van der Waals surface area contributed by atoms with E-state index in [0.29, 0.717) is 28.2 Å². The predicted molar refractivity (Wildman–Crippen MR) is 120 cm³/mol. The van der Waals surface area contributed by atoms with Gasteiger partial charge in [-0.3, -0.25) is 14.9 Å². The van der Waals surface area contributed by atoms with Gasteiger partial charge in [-0.2, -0.15) is 0 Å². The highest BCUT2D eigenvalue weighted by Gasteiger charge is 2.37. The van der Waals surface area contributed by atoms with Gasteiger partial charge in [0.25, 0.3) is 11.8 Å². The molecule has 33 heavy (non-hydrogen) atoms. The van der Waals surface area contributed by atoms with Crippen molar-refractivity contribution in [1.82, 2.24) is 9.88 Å². The summed E-state index contributed by atoms with van der Waals surface area (Å²) in [7, 11) is 0. The molecule has 8 nitrogen and oxygen atoms in total. The lowest BCUT2D eigenvalue weighted by Crippen LogP contribution is -2.54. The van der Waals surface area contributed by atoms with Crippen LogP contribution in [-0.4, -0.2) is 28.4 Å². The van der Waals surface area contributed by atoms with Crippen LogP contribution in [0.5, 0.6) is 0 Å². The SMILES string of the molecule is Cc1ccccc1N1C(=O)NC(=O)/C(=C/c2cc(C)n(-c3cccc(C(=O)[O-])c3)c2C)C1=O. The third-order valence-corrected chi connectivity index (χ3v) is 5.57. The Hall–Kier alpha value is -4.46. The Labute approximate surface area is 189 Å². The van der Waals surface area contributed by atoms with E-state index in [4.69, 9.17) is 0 Å². The zero-order valence-electron chi connectivity index (χ0n) is 18.2. The van der Waals surface area contributed by atoms with E-state index in [0.717, 1.165) is 10.6 Å². The molecule has 2 aromatic carbocycles. The first kappa shape index (κ1) is 21.8. The van der Waals surface area contributed by atoms with Crippen LogP contribution in [0.1, 0.15) is 32.9 Å². The van der Waals surface area contributed by atoms with Crippen LogP contribution in [0, 0.1) is 20.8 Å². The fourth-order valence-electron chi connectivity index (χ4n) is 3.95. The van der Waals surface area contributed by atoms with Crippen molar-refractivity contribution in [2.24, 2.45) is 0 Å². The Morgan fingerprint density at radius 3 is 2.39 bits per heavy atom. The van der Waals surface area contributed by atoms with Crippen molar-refractivity contribution in [3.63, 3.8) is 0 Å². The quantitative estimate of drug-likeness (QED) is 0.493. The number of aromatic carboxylic acids is 1. The van der Waals surface area contributed by atoms with E-state index in [1.165, 1.54) is 18.2 Å². The Balaban J connectivity index is 1.78. The minimum atomic E-state index is -1.29. The summed E-state index contributed by atoms with van der Waals surface area (Å²) in [4.78, 5) is 50.4. The number of hydrogen-bond donors (Lipinski definition) is 1. The maximum Gasteiger partial charge on any atom is 0.335 e. The Bertz CT molecular complexity index is 1370. The first-order chi connectivity index (χ1) is 15.7. The van der Waals surface area contributed by atoms with E-state index >= 15 is 0 Å². The van der Waals surface area contributed by atoms with Gasteiger partial charge in [0.2, 0.25) is 0 Å². The number of carboxylic acid groups (broad SMARTS) is 1. The number of barbiturate groups is 1. The molecule has 1 aromatic heterocycles. The summed E-state index contributed by atoms with van der Waals surface area (Å²) >= 11 is 0. The molecule has 1 saturated heterocycles. The van der Waals surface area contributed by atoms with Crippen LogP contribution < -0.4 is 15.3 Å². The number of urea groups is 1. The van der Waals surface area contributed by atoms with Crippen LogP contribution >= 0.6 is 0 Å². The monoisotopic (exact) mass is 442 g/mol. The van der Waals surface area contributed by atoms with Crippen molar-refractivity contribution in [1.29, 1.82) is 0 Å². The molecule has 0 bridgehead atoms. The van der Waals surface area contributed by atoms with E-state index in [2.05, 4.69) is 5.32 Å². The van der Waals surface area contributed by atoms with Gasteiger partial charge in [0.15, 0.2) is 0 Å². The van der Waals surface area contributed by atoms with Crippen LogP contribution in [0.15, 0.2) is 60.2 Å². The third kappa shape index (κ3) is 3.82. The molecule has 0 radical (unpaired) electrons. The number of amides is 4. The molecular formula is C25H20N3O5-. The zero-order chi connectivity index (χ0) is 23.9. The van der Waals surface area contributed by atoms with Gasteiger partial charge in [0.05, 0.1) is 11.7 Å². The summed E-state index contributed by atoms with van der Waals surface area (Å²) in [5, 5.41) is 13.5. The molecule has 4 amide bonds. The number of carbonyl (C=O) groups is 4. The van der Waals surface area contributed by atoms with E-state index < -0.39 is 23.8 Å². The van der Waals surface area contributed by atoms with Crippen LogP contribution in [-0.2, 0) is 9.59 Å². The number of carbonyl (C=O) groups excluding carboxylic acids is 4. The Morgan fingerprint density at radius 1 is 0.970 bits per heavy atom. The second-order valence-corrected chi connectivity index (χ2v) is 7.74. The van der Waals surface area contributed by atoms with Gasteiger partial charge in [-0.25, -0.2) is 9.69 Å². The van der Waals surface area contributed by atoms with E-state index in [1.807, 2.05) is 11.5 Å². The summed E-state index contributed by atoms with van der Waals surface area (Å²) in [5.41, 5.74) is 3.61. The molecule has 4 rings (SSSR count). The fourth-order valence-corrected chi connectivity index (χ4v) is 3.95. The molecule has 1 aliphatic rings. The first-order valence-corrected chi connectivity index (χ1v) is 10.2. The highest BCUT2D eigenvalue weighted by molar-refractivity contribution is 6.39. The lowest BCUT2D eigenvalue weighted by Gasteiger charge is -2.27. The number of nitrogens with zero attached hydrogens (tertiary/aromatic N) is 2. The minimum absolute atomic E-state index is 0.0362. The van der Waals surface area contributed by atoms with Gasteiger partial charge in [-0.1, -0.05) is 30.3 Å². The van der Waals surface area contributed by atoms with Crippen molar-refractivity contribution in [2.45, 2.75) is 20.8 Å². The molecule has 2 heterocycles. The molecule has 1 fully saturated rings. The van der Waals surface area contributed by atoms with Crippen molar-refractivity contribution < 1.29 is 24.3 Å². The van der Waals surface area contributed by atoms with Crippen LogP contribution in [0.2, 0.25) is 0 Å². The third-order valence-electron chi connectivity index (χ3n) is 5.57. The average molecular weight is 442 g/mol. The highest BCUT2D eigenvalue weighted by atomic mass is 16.4. The Kier molecular flexibility index (Phi) is 5.43. The first-order valence-electron chi connectivity index (χ1n) is 10.2. The number of nitrogens with one attached hydrogen (secondary N) is 1. The van der Waals surface area contributed by atoms with E-state index in [1.54, 1.807) is 56.3 Å². The van der Waals surface area contributed by atoms with Gasteiger partial charge in [0, 0.05) is 17.1 Å². The molecule has 0 saturated carbocycles. The van der Waals surface area contributed by atoms with Gasteiger partial charge in [-0.15, -0.1) is 0 Å². The number of carboxylic acids is 1. The van der Waals surface area contributed by atoms with Gasteiger partial charge >= 0.3 is 6.03 Å². The number of benzene rings is 2. The minimum Gasteiger partial charge on any atom is -0.545 e. The number of imide groups is 2. The number of anilines is 1. The summed E-state index contributed by atoms with van der Waals surface area (Å²) in [6, 6.07) is 14.2. The average Bonchev–Trinajstić information content (AvgIpc) is 3.05. The van der Waals surface area contributed by atoms with Crippen LogP contribution in [0.25, 0.3) is 11.8 Å². The molecular weight excluding hydrogens is 422 g/mol. The van der Waals surface area contributed by atoms with Gasteiger partial charge in [-0.05, 0) is 67.8 Å². The number of aryl methyl sites for hydroxylation is 2. The zero-order valence-corrected chi connectivity index (χ0v) is 18.2. The lowest BCUT2D eigenvalue weighted by atomic mass is 10.1. The number of aromatic nitrogens is 1. The summed E-state index contributed by atoms with van der Waals surface area (Å²) in [6.45, 7) is 5.39. The topological polar surface area (TPSA) is 112 Å². The van der Waals surface area contributed by atoms with Crippen molar-refractivity contribution >= 4 is 35.6 Å². The van der Waals surface area contributed by atoms with Crippen LogP contribution in [0.3, 0.4) is 0 Å². The normalized spacial score (nSPS) is 15.2. The predicted octanol–water partition coefficient (Wildman–Crippen LogP) is 2.43. The second kappa shape index (κ2) is 8.23. The molecule has 0 aliphatic carbocycles. The van der Waals surface area contributed by atoms with Crippen LogP contribution in [0.4, 0.5) is 10.5 Å².